The topological polar surface area (TPSA) is 36.3 Å². The maximum atomic E-state index is 11.5. The van der Waals surface area contributed by atoms with Gasteiger partial charge in [0.2, 0.25) is 0 Å². The van der Waals surface area contributed by atoms with Gasteiger partial charge in [-0.2, -0.15) is 0 Å². The van der Waals surface area contributed by atoms with Crippen LogP contribution in [0.25, 0.3) is 0 Å². The number of thioether (sulfide) groups is 1. The first kappa shape index (κ1) is 11.2. The van der Waals surface area contributed by atoms with Crippen molar-refractivity contribution in [1.82, 2.24) is 5.06 Å². The van der Waals surface area contributed by atoms with E-state index in [9.17, 15) is 4.39 Å². The molecule has 0 spiro atoms. The molecule has 0 bridgehead atoms. The standard InChI is InChI=1S/C5H9FN2OS.BrH/c6-1-3-9-8-2-4-10-5(8)7;/h7H,1-4H2;1H. The summed E-state index contributed by atoms with van der Waals surface area (Å²) in [6, 6.07) is 0. The summed E-state index contributed by atoms with van der Waals surface area (Å²) < 4.78 is 11.5. The lowest BCUT2D eigenvalue weighted by Gasteiger charge is -2.14. The van der Waals surface area contributed by atoms with Crippen LogP contribution in [-0.4, -0.2) is 35.8 Å². The summed E-state index contributed by atoms with van der Waals surface area (Å²) in [4.78, 5) is 4.88. The first-order valence-electron chi connectivity index (χ1n) is 3.02. The molecule has 0 aromatic rings. The maximum absolute atomic E-state index is 11.5. The monoisotopic (exact) mass is 244 g/mol. The number of halogens is 2. The highest BCUT2D eigenvalue weighted by molar-refractivity contribution is 8.93. The van der Waals surface area contributed by atoms with Crippen LogP contribution in [0, 0.1) is 5.41 Å². The van der Waals surface area contributed by atoms with Crippen LogP contribution in [-0.2, 0) is 4.84 Å². The summed E-state index contributed by atoms with van der Waals surface area (Å²) in [5.74, 6) is 0.866. The Balaban J connectivity index is 0.000001000. The van der Waals surface area contributed by atoms with Crippen molar-refractivity contribution in [2.45, 2.75) is 0 Å². The van der Waals surface area contributed by atoms with E-state index in [0.717, 1.165) is 5.75 Å². The molecular formula is C5H10BrFN2OS. The Morgan fingerprint density at radius 1 is 1.73 bits per heavy atom. The number of hydrogen-bond acceptors (Lipinski definition) is 3. The number of amidine groups is 1. The Labute approximate surface area is 79.5 Å². The van der Waals surface area contributed by atoms with Crippen molar-refractivity contribution in [3.8, 4) is 0 Å². The van der Waals surface area contributed by atoms with E-state index in [-0.39, 0.29) is 23.6 Å². The van der Waals surface area contributed by atoms with Gasteiger partial charge in [-0.3, -0.25) is 10.2 Å². The normalized spacial score (nSPS) is 16.8. The highest BCUT2D eigenvalue weighted by Gasteiger charge is 2.17. The zero-order chi connectivity index (χ0) is 7.40. The van der Waals surface area contributed by atoms with Crippen molar-refractivity contribution in [3.05, 3.63) is 0 Å². The maximum Gasteiger partial charge on any atom is 0.180 e. The molecule has 3 nitrogen and oxygen atoms in total. The van der Waals surface area contributed by atoms with E-state index in [2.05, 4.69) is 0 Å². The molecule has 0 atom stereocenters. The predicted molar refractivity (Wildman–Crippen MR) is 49.1 cm³/mol. The molecule has 1 N–H and O–H groups in total. The molecule has 0 amide bonds. The van der Waals surface area contributed by atoms with E-state index in [4.69, 9.17) is 10.2 Å². The van der Waals surface area contributed by atoms with Gasteiger partial charge in [0.1, 0.15) is 13.3 Å². The van der Waals surface area contributed by atoms with Gasteiger partial charge in [-0.05, 0) is 0 Å². The molecule has 0 aromatic carbocycles. The molecule has 11 heavy (non-hydrogen) atoms. The van der Waals surface area contributed by atoms with Crippen LogP contribution >= 0.6 is 28.7 Å². The van der Waals surface area contributed by atoms with Gasteiger partial charge >= 0.3 is 0 Å². The van der Waals surface area contributed by atoms with E-state index in [1.807, 2.05) is 0 Å². The van der Waals surface area contributed by atoms with Crippen molar-refractivity contribution < 1.29 is 9.23 Å². The van der Waals surface area contributed by atoms with Crippen molar-refractivity contribution in [1.29, 1.82) is 5.41 Å². The Bertz CT molecular complexity index is 138. The summed E-state index contributed by atoms with van der Waals surface area (Å²) in [6.07, 6.45) is 0. The van der Waals surface area contributed by atoms with Crippen molar-refractivity contribution in [2.75, 3.05) is 25.6 Å². The van der Waals surface area contributed by atoms with E-state index < -0.39 is 6.67 Å². The van der Waals surface area contributed by atoms with Gasteiger partial charge in [-0.1, -0.05) is 11.8 Å². The average Bonchev–Trinajstić information content (AvgIpc) is 2.31. The molecule has 1 fully saturated rings. The molecule has 0 unspecified atom stereocenters. The smallest absolute Gasteiger partial charge is 0.180 e. The molecular weight excluding hydrogens is 235 g/mol. The van der Waals surface area contributed by atoms with Crippen LogP contribution in [0.1, 0.15) is 0 Å². The fourth-order valence-electron chi connectivity index (χ4n) is 0.667. The number of nitrogens with zero attached hydrogens (tertiary/aromatic N) is 1. The first-order valence-corrected chi connectivity index (χ1v) is 4.01. The third-order valence-electron chi connectivity index (χ3n) is 1.08. The summed E-state index contributed by atoms with van der Waals surface area (Å²) in [7, 11) is 0. The SMILES string of the molecule is Br.N=C1SCCN1OCCF. The molecule has 1 aliphatic rings. The number of hydrogen-bond donors (Lipinski definition) is 1. The molecule has 1 saturated heterocycles. The molecule has 0 radical (unpaired) electrons. The van der Waals surface area contributed by atoms with Crippen molar-refractivity contribution in [2.24, 2.45) is 0 Å². The van der Waals surface area contributed by atoms with Crippen molar-refractivity contribution in [3.63, 3.8) is 0 Å². The number of alkyl halides is 1. The molecule has 1 heterocycles. The Morgan fingerprint density at radius 2 is 2.45 bits per heavy atom. The third kappa shape index (κ3) is 3.39. The second-order valence-electron chi connectivity index (χ2n) is 1.78. The van der Waals surface area contributed by atoms with E-state index in [1.165, 1.54) is 16.8 Å². The summed E-state index contributed by atoms with van der Waals surface area (Å²) in [5.41, 5.74) is 0. The average molecular weight is 245 g/mol. The minimum Gasteiger partial charge on any atom is -0.277 e. The summed E-state index contributed by atoms with van der Waals surface area (Å²) in [5, 5.41) is 9.03. The lowest BCUT2D eigenvalue weighted by Crippen LogP contribution is -2.24. The zero-order valence-corrected chi connectivity index (χ0v) is 8.41. The molecule has 1 rings (SSSR count). The highest BCUT2D eigenvalue weighted by Crippen LogP contribution is 2.15. The van der Waals surface area contributed by atoms with Gasteiger partial charge in [-0.15, -0.1) is 17.0 Å². The van der Waals surface area contributed by atoms with Gasteiger partial charge in [-0.25, -0.2) is 9.45 Å². The van der Waals surface area contributed by atoms with E-state index >= 15 is 0 Å². The van der Waals surface area contributed by atoms with Crippen LogP contribution in [0.2, 0.25) is 0 Å². The second kappa shape index (κ2) is 5.79. The first-order chi connectivity index (χ1) is 4.84. The Hall–Kier alpha value is 0.190. The Morgan fingerprint density at radius 3 is 2.91 bits per heavy atom. The van der Waals surface area contributed by atoms with Crippen LogP contribution in [0.4, 0.5) is 4.39 Å². The number of nitrogens with one attached hydrogen (secondary N) is 1. The van der Waals surface area contributed by atoms with Crippen LogP contribution in [0.5, 0.6) is 0 Å². The van der Waals surface area contributed by atoms with Crippen molar-refractivity contribution >= 4 is 33.9 Å². The van der Waals surface area contributed by atoms with Crippen LogP contribution in [0.3, 0.4) is 0 Å². The largest absolute Gasteiger partial charge is 0.277 e. The van der Waals surface area contributed by atoms with Crippen LogP contribution < -0.4 is 0 Å². The molecule has 66 valence electrons. The molecule has 1 aliphatic heterocycles. The predicted octanol–water partition coefficient (Wildman–Crippen LogP) is 1.45. The van der Waals surface area contributed by atoms with Gasteiger partial charge in [0.15, 0.2) is 5.17 Å². The van der Waals surface area contributed by atoms with Crippen LogP contribution in [0.15, 0.2) is 0 Å². The summed E-state index contributed by atoms with van der Waals surface area (Å²) in [6.45, 7) is 0.265. The second-order valence-corrected chi connectivity index (χ2v) is 2.86. The van der Waals surface area contributed by atoms with Gasteiger partial charge < -0.3 is 0 Å². The third-order valence-corrected chi connectivity index (χ3v) is 1.95. The Kier molecular flexibility index (Phi) is 5.89. The fourth-order valence-corrected chi connectivity index (χ4v) is 1.41. The highest BCUT2D eigenvalue weighted by atomic mass is 79.9. The van der Waals surface area contributed by atoms with Gasteiger partial charge in [0, 0.05) is 5.75 Å². The van der Waals surface area contributed by atoms with E-state index in [0.29, 0.717) is 11.7 Å². The van der Waals surface area contributed by atoms with Gasteiger partial charge in [0.05, 0.1) is 6.54 Å². The fraction of sp³-hybridized carbons (Fsp3) is 0.800. The van der Waals surface area contributed by atoms with E-state index in [1.54, 1.807) is 0 Å². The minimum absolute atomic E-state index is 0. The number of hydroxylamine groups is 2. The zero-order valence-electron chi connectivity index (χ0n) is 5.88. The molecule has 0 saturated carbocycles. The lowest BCUT2D eigenvalue weighted by molar-refractivity contribution is -0.0939. The minimum atomic E-state index is -0.492. The quantitative estimate of drug-likeness (QED) is 0.817. The molecule has 6 heteroatoms. The number of rotatable bonds is 3. The molecule has 0 aliphatic carbocycles. The molecule has 0 aromatic heterocycles. The van der Waals surface area contributed by atoms with Gasteiger partial charge in [0.25, 0.3) is 0 Å². The lowest BCUT2D eigenvalue weighted by atomic mass is 10.7. The summed E-state index contributed by atoms with van der Waals surface area (Å²) >= 11 is 1.42.